The summed E-state index contributed by atoms with van der Waals surface area (Å²) in [6.45, 7) is 3.92. The SMILES string of the molecule is CCOC(=O)C1(C(=O)OCC)C(COC)=Cc2ccccc21. The lowest BCUT2D eigenvalue weighted by Gasteiger charge is -2.28. The van der Waals surface area contributed by atoms with E-state index in [9.17, 15) is 9.59 Å². The Labute approximate surface area is 129 Å². The zero-order chi connectivity index (χ0) is 16.2. The Bertz CT molecular complexity index is 585. The lowest BCUT2D eigenvalue weighted by Crippen LogP contribution is -2.47. The Morgan fingerprint density at radius 1 is 1.05 bits per heavy atom. The van der Waals surface area contributed by atoms with Crippen LogP contribution in [0.15, 0.2) is 29.8 Å². The van der Waals surface area contributed by atoms with Crippen molar-refractivity contribution in [1.29, 1.82) is 0 Å². The molecule has 0 saturated carbocycles. The predicted octanol–water partition coefficient (Wildman–Crippen LogP) is 2.09. The highest BCUT2D eigenvalue weighted by Gasteiger charge is 2.56. The van der Waals surface area contributed by atoms with Crippen LogP contribution >= 0.6 is 0 Å². The van der Waals surface area contributed by atoms with Crippen LogP contribution < -0.4 is 0 Å². The Hall–Kier alpha value is -2.14. The topological polar surface area (TPSA) is 61.8 Å². The second-order valence-electron chi connectivity index (χ2n) is 4.88. The number of carbonyl (C=O) groups excluding carboxylic acids is 2. The smallest absolute Gasteiger partial charge is 0.332 e. The predicted molar refractivity (Wildman–Crippen MR) is 81.2 cm³/mol. The van der Waals surface area contributed by atoms with E-state index in [2.05, 4.69) is 0 Å². The molecule has 5 heteroatoms. The van der Waals surface area contributed by atoms with Gasteiger partial charge in [-0.2, -0.15) is 0 Å². The molecule has 0 amide bonds. The highest BCUT2D eigenvalue weighted by atomic mass is 16.6. The van der Waals surface area contributed by atoms with E-state index in [0.29, 0.717) is 11.1 Å². The number of hydrogen-bond donors (Lipinski definition) is 0. The van der Waals surface area contributed by atoms with Crippen LogP contribution in [0.4, 0.5) is 0 Å². The van der Waals surface area contributed by atoms with Crippen LogP contribution in [-0.2, 0) is 29.2 Å². The van der Waals surface area contributed by atoms with E-state index in [1.54, 1.807) is 32.1 Å². The largest absolute Gasteiger partial charge is 0.465 e. The summed E-state index contributed by atoms with van der Waals surface area (Å²) in [4.78, 5) is 25.4. The van der Waals surface area contributed by atoms with Crippen LogP contribution in [0.5, 0.6) is 0 Å². The number of benzene rings is 1. The van der Waals surface area contributed by atoms with Crippen molar-refractivity contribution in [2.24, 2.45) is 0 Å². The van der Waals surface area contributed by atoms with Crippen molar-refractivity contribution in [1.82, 2.24) is 0 Å². The summed E-state index contributed by atoms with van der Waals surface area (Å²) in [7, 11) is 1.52. The molecule has 0 atom stereocenters. The monoisotopic (exact) mass is 304 g/mol. The molecule has 0 aliphatic heterocycles. The molecule has 5 nitrogen and oxygen atoms in total. The van der Waals surface area contributed by atoms with Gasteiger partial charge in [-0.1, -0.05) is 30.3 Å². The number of ether oxygens (including phenoxy) is 3. The van der Waals surface area contributed by atoms with Gasteiger partial charge in [-0.25, -0.2) is 0 Å². The molecule has 1 aliphatic rings. The van der Waals surface area contributed by atoms with Gasteiger partial charge in [-0.15, -0.1) is 0 Å². The van der Waals surface area contributed by atoms with Crippen LogP contribution in [0.25, 0.3) is 6.08 Å². The Balaban J connectivity index is 2.64. The molecule has 0 bridgehead atoms. The first-order chi connectivity index (χ1) is 10.6. The van der Waals surface area contributed by atoms with Crippen molar-refractivity contribution < 1.29 is 23.8 Å². The van der Waals surface area contributed by atoms with E-state index in [0.717, 1.165) is 5.56 Å². The van der Waals surface area contributed by atoms with Gasteiger partial charge in [-0.05, 0) is 30.5 Å². The van der Waals surface area contributed by atoms with Crippen molar-refractivity contribution in [3.8, 4) is 0 Å². The second-order valence-corrected chi connectivity index (χ2v) is 4.88. The van der Waals surface area contributed by atoms with Crippen LogP contribution in [0.1, 0.15) is 25.0 Å². The third kappa shape index (κ3) is 2.41. The summed E-state index contributed by atoms with van der Waals surface area (Å²) in [5, 5.41) is 0. The lowest BCUT2D eigenvalue weighted by atomic mass is 9.77. The van der Waals surface area contributed by atoms with Gasteiger partial charge in [0, 0.05) is 7.11 Å². The van der Waals surface area contributed by atoms with Crippen molar-refractivity contribution in [2.75, 3.05) is 26.9 Å². The third-order valence-corrected chi connectivity index (χ3v) is 3.64. The summed E-state index contributed by atoms with van der Waals surface area (Å²) in [6.07, 6.45) is 1.80. The van der Waals surface area contributed by atoms with Crippen LogP contribution in [0.3, 0.4) is 0 Å². The van der Waals surface area contributed by atoms with E-state index >= 15 is 0 Å². The average molecular weight is 304 g/mol. The highest BCUT2D eigenvalue weighted by Crippen LogP contribution is 2.44. The fraction of sp³-hybridized carbons (Fsp3) is 0.412. The van der Waals surface area contributed by atoms with Gasteiger partial charge in [-0.3, -0.25) is 9.59 Å². The van der Waals surface area contributed by atoms with Gasteiger partial charge in [0.05, 0.1) is 19.8 Å². The molecule has 0 aromatic heterocycles. The molecule has 1 aromatic rings. The Kier molecular flexibility index (Phi) is 4.98. The van der Waals surface area contributed by atoms with Crippen molar-refractivity contribution in [3.63, 3.8) is 0 Å². The molecule has 22 heavy (non-hydrogen) atoms. The highest BCUT2D eigenvalue weighted by molar-refractivity contribution is 6.13. The standard InChI is InChI=1S/C17H20O5/c1-4-21-15(18)17(16(19)22-5-2)13(11-20-3)10-12-8-6-7-9-14(12)17/h6-10H,4-5,11H2,1-3H3. The van der Waals surface area contributed by atoms with Gasteiger partial charge in [0.2, 0.25) is 5.41 Å². The number of fused-ring (bicyclic) bond motifs is 1. The summed E-state index contributed by atoms with van der Waals surface area (Å²) >= 11 is 0. The summed E-state index contributed by atoms with van der Waals surface area (Å²) in [5.41, 5.74) is 0.348. The number of carbonyl (C=O) groups is 2. The number of esters is 2. The summed E-state index contributed by atoms with van der Waals surface area (Å²) in [6, 6.07) is 7.25. The molecule has 0 heterocycles. The van der Waals surface area contributed by atoms with E-state index in [-0.39, 0.29) is 19.8 Å². The molecule has 118 valence electrons. The molecule has 0 fully saturated rings. The molecular weight excluding hydrogens is 284 g/mol. The molecular formula is C17H20O5. The van der Waals surface area contributed by atoms with E-state index < -0.39 is 17.4 Å². The first-order valence-electron chi connectivity index (χ1n) is 7.26. The first kappa shape index (κ1) is 16.2. The minimum absolute atomic E-state index is 0.145. The van der Waals surface area contributed by atoms with Crippen LogP contribution in [0.2, 0.25) is 0 Å². The third-order valence-electron chi connectivity index (χ3n) is 3.64. The van der Waals surface area contributed by atoms with Gasteiger partial charge in [0.25, 0.3) is 0 Å². The second kappa shape index (κ2) is 6.75. The zero-order valence-corrected chi connectivity index (χ0v) is 13.0. The molecule has 2 rings (SSSR count). The van der Waals surface area contributed by atoms with Crippen molar-refractivity contribution in [2.45, 2.75) is 19.3 Å². The maximum atomic E-state index is 12.7. The van der Waals surface area contributed by atoms with E-state index in [1.165, 1.54) is 7.11 Å². The normalized spacial score (nSPS) is 15.0. The molecule has 0 N–H and O–H groups in total. The van der Waals surface area contributed by atoms with E-state index in [1.807, 2.05) is 12.1 Å². The van der Waals surface area contributed by atoms with E-state index in [4.69, 9.17) is 14.2 Å². The molecule has 0 radical (unpaired) electrons. The minimum atomic E-state index is -1.57. The molecule has 0 saturated heterocycles. The molecule has 1 aromatic carbocycles. The number of hydrogen-bond acceptors (Lipinski definition) is 5. The first-order valence-corrected chi connectivity index (χ1v) is 7.26. The fourth-order valence-corrected chi connectivity index (χ4v) is 2.78. The number of methoxy groups -OCH3 is 1. The van der Waals surface area contributed by atoms with Crippen molar-refractivity contribution in [3.05, 3.63) is 41.0 Å². The average Bonchev–Trinajstić information content (AvgIpc) is 2.83. The summed E-state index contributed by atoms with van der Waals surface area (Å²) in [5.74, 6) is -1.25. The minimum Gasteiger partial charge on any atom is -0.465 e. The van der Waals surface area contributed by atoms with Gasteiger partial charge in [0.1, 0.15) is 0 Å². The number of rotatable bonds is 6. The Morgan fingerprint density at radius 2 is 1.64 bits per heavy atom. The molecule has 1 aliphatic carbocycles. The van der Waals surface area contributed by atoms with Gasteiger partial charge < -0.3 is 14.2 Å². The van der Waals surface area contributed by atoms with Gasteiger partial charge >= 0.3 is 11.9 Å². The molecule has 0 unspecified atom stereocenters. The molecule has 0 spiro atoms. The maximum absolute atomic E-state index is 12.7. The van der Waals surface area contributed by atoms with Crippen LogP contribution in [0, 0.1) is 0 Å². The quantitative estimate of drug-likeness (QED) is 0.595. The fourth-order valence-electron chi connectivity index (χ4n) is 2.78. The maximum Gasteiger partial charge on any atom is 0.332 e. The summed E-state index contributed by atoms with van der Waals surface area (Å²) < 4.78 is 15.6. The Morgan fingerprint density at radius 3 is 2.18 bits per heavy atom. The van der Waals surface area contributed by atoms with Crippen molar-refractivity contribution >= 4 is 18.0 Å². The zero-order valence-electron chi connectivity index (χ0n) is 13.0. The van der Waals surface area contributed by atoms with Crippen LogP contribution in [-0.4, -0.2) is 38.9 Å². The van der Waals surface area contributed by atoms with Gasteiger partial charge in [0.15, 0.2) is 0 Å². The lowest BCUT2D eigenvalue weighted by molar-refractivity contribution is -0.162.